The Hall–Kier alpha value is -1.28. The topological polar surface area (TPSA) is 75.9 Å². The molecule has 2 amide bonds. The number of likely N-dealkylation sites (tertiary alicyclic amines) is 2. The SMILES string of the molecule is NC(=O)CN1CC2COCCC2(C(=O)N2CCC(F)(F)C2)C1. The zero-order valence-electron chi connectivity index (χ0n) is 12.4. The number of carbonyl (C=O) groups excluding carboxylic acids is 2. The Morgan fingerprint density at radius 3 is 2.68 bits per heavy atom. The third kappa shape index (κ3) is 2.69. The molecular weight excluding hydrogens is 296 g/mol. The number of primary amides is 1. The molecule has 2 atom stereocenters. The summed E-state index contributed by atoms with van der Waals surface area (Å²) in [7, 11) is 0. The maximum absolute atomic E-state index is 13.4. The largest absolute Gasteiger partial charge is 0.381 e. The number of alkyl halides is 2. The minimum Gasteiger partial charge on any atom is -0.381 e. The summed E-state index contributed by atoms with van der Waals surface area (Å²) in [5, 5.41) is 0. The Labute approximate surface area is 127 Å². The molecule has 2 N–H and O–H groups in total. The lowest BCUT2D eigenvalue weighted by atomic mass is 9.73. The van der Waals surface area contributed by atoms with Crippen LogP contribution in [0.4, 0.5) is 8.78 Å². The van der Waals surface area contributed by atoms with Gasteiger partial charge in [-0.2, -0.15) is 0 Å². The van der Waals surface area contributed by atoms with Crippen LogP contribution in [0.25, 0.3) is 0 Å². The molecule has 0 bridgehead atoms. The number of hydrogen-bond donors (Lipinski definition) is 1. The summed E-state index contributed by atoms with van der Waals surface area (Å²) in [4.78, 5) is 27.2. The lowest BCUT2D eigenvalue weighted by Crippen LogP contribution is -2.52. The second kappa shape index (κ2) is 5.42. The van der Waals surface area contributed by atoms with Crippen LogP contribution in [0.2, 0.25) is 0 Å². The normalized spacial score (nSPS) is 34.6. The van der Waals surface area contributed by atoms with Crippen molar-refractivity contribution < 1.29 is 23.1 Å². The van der Waals surface area contributed by atoms with Crippen LogP contribution in [-0.4, -0.2) is 73.5 Å². The van der Waals surface area contributed by atoms with E-state index in [1.54, 1.807) is 0 Å². The summed E-state index contributed by atoms with van der Waals surface area (Å²) in [6.07, 6.45) is 0.231. The molecule has 3 aliphatic heterocycles. The van der Waals surface area contributed by atoms with E-state index in [0.717, 1.165) is 0 Å². The minimum atomic E-state index is -2.79. The molecule has 3 aliphatic rings. The standard InChI is InChI=1S/C14H21F2N3O3/c15-14(16)1-3-19(9-14)12(21)13-2-4-22-7-10(13)5-18(8-13)6-11(17)20/h10H,1-9H2,(H2,17,20). The van der Waals surface area contributed by atoms with E-state index in [1.165, 1.54) is 4.90 Å². The van der Waals surface area contributed by atoms with E-state index >= 15 is 0 Å². The lowest BCUT2D eigenvalue weighted by molar-refractivity contribution is -0.151. The van der Waals surface area contributed by atoms with Gasteiger partial charge < -0.3 is 15.4 Å². The highest BCUT2D eigenvalue weighted by Gasteiger charge is 2.56. The monoisotopic (exact) mass is 317 g/mol. The van der Waals surface area contributed by atoms with Gasteiger partial charge in [0.25, 0.3) is 5.92 Å². The van der Waals surface area contributed by atoms with Gasteiger partial charge in [-0.3, -0.25) is 14.5 Å². The van der Waals surface area contributed by atoms with Crippen LogP contribution in [0.1, 0.15) is 12.8 Å². The van der Waals surface area contributed by atoms with Gasteiger partial charge in [-0.25, -0.2) is 8.78 Å². The van der Waals surface area contributed by atoms with Gasteiger partial charge in [0.2, 0.25) is 11.8 Å². The van der Waals surface area contributed by atoms with Crippen molar-refractivity contribution in [1.29, 1.82) is 0 Å². The zero-order chi connectivity index (χ0) is 16.0. The second-order valence-corrected chi connectivity index (χ2v) is 6.65. The van der Waals surface area contributed by atoms with Crippen LogP contribution in [0.5, 0.6) is 0 Å². The van der Waals surface area contributed by atoms with E-state index < -0.39 is 23.8 Å². The third-order valence-corrected chi connectivity index (χ3v) is 5.04. The molecule has 6 nitrogen and oxygen atoms in total. The van der Waals surface area contributed by atoms with E-state index in [1.807, 2.05) is 4.90 Å². The number of rotatable bonds is 3. The second-order valence-electron chi connectivity index (χ2n) is 6.65. The Morgan fingerprint density at radius 2 is 2.05 bits per heavy atom. The Bertz CT molecular complexity index is 488. The number of ether oxygens (including phenoxy) is 1. The first-order valence-corrected chi connectivity index (χ1v) is 7.58. The summed E-state index contributed by atoms with van der Waals surface area (Å²) in [6.45, 7) is 1.47. The predicted molar refractivity (Wildman–Crippen MR) is 73.1 cm³/mol. The predicted octanol–water partition coefficient (Wildman–Crippen LogP) is -0.322. The van der Waals surface area contributed by atoms with Gasteiger partial charge in [-0.1, -0.05) is 0 Å². The van der Waals surface area contributed by atoms with Crippen LogP contribution < -0.4 is 5.73 Å². The average molecular weight is 317 g/mol. The Kier molecular flexibility index (Phi) is 3.84. The fourth-order valence-electron chi connectivity index (χ4n) is 3.97. The number of amides is 2. The molecular formula is C14H21F2N3O3. The number of nitrogens with zero attached hydrogens (tertiary/aromatic N) is 2. The highest BCUT2D eigenvalue weighted by atomic mass is 19.3. The number of nitrogens with two attached hydrogens (primary N) is 1. The fourth-order valence-corrected chi connectivity index (χ4v) is 3.97. The maximum atomic E-state index is 13.4. The van der Waals surface area contributed by atoms with Crippen molar-refractivity contribution in [2.45, 2.75) is 18.8 Å². The quantitative estimate of drug-likeness (QED) is 0.774. The fraction of sp³-hybridized carbons (Fsp3) is 0.857. The van der Waals surface area contributed by atoms with Gasteiger partial charge in [0, 0.05) is 38.6 Å². The molecule has 0 saturated carbocycles. The average Bonchev–Trinajstić information content (AvgIpc) is 2.97. The maximum Gasteiger partial charge on any atom is 0.267 e. The van der Waals surface area contributed by atoms with Crippen molar-refractivity contribution in [2.75, 3.05) is 45.9 Å². The van der Waals surface area contributed by atoms with E-state index in [9.17, 15) is 18.4 Å². The summed E-state index contributed by atoms with van der Waals surface area (Å²) >= 11 is 0. The number of fused-ring (bicyclic) bond motifs is 1. The van der Waals surface area contributed by atoms with E-state index in [4.69, 9.17) is 10.5 Å². The molecule has 124 valence electrons. The van der Waals surface area contributed by atoms with Gasteiger partial charge in [0.05, 0.1) is 25.1 Å². The highest BCUT2D eigenvalue weighted by molar-refractivity contribution is 5.84. The first-order chi connectivity index (χ1) is 10.3. The molecule has 22 heavy (non-hydrogen) atoms. The van der Waals surface area contributed by atoms with Crippen LogP contribution in [-0.2, 0) is 14.3 Å². The molecule has 3 fully saturated rings. The van der Waals surface area contributed by atoms with Crippen molar-refractivity contribution in [1.82, 2.24) is 9.80 Å². The van der Waals surface area contributed by atoms with Gasteiger partial charge in [-0.05, 0) is 6.42 Å². The van der Waals surface area contributed by atoms with E-state index in [0.29, 0.717) is 32.7 Å². The van der Waals surface area contributed by atoms with Gasteiger partial charge in [0.15, 0.2) is 0 Å². The first-order valence-electron chi connectivity index (χ1n) is 7.58. The molecule has 0 spiro atoms. The molecule has 0 aromatic carbocycles. The zero-order valence-corrected chi connectivity index (χ0v) is 12.4. The summed E-state index contributed by atoms with van der Waals surface area (Å²) < 4.78 is 32.3. The summed E-state index contributed by atoms with van der Waals surface area (Å²) in [5.74, 6) is -3.53. The molecule has 0 aliphatic carbocycles. The Balaban J connectivity index is 1.78. The van der Waals surface area contributed by atoms with E-state index in [-0.39, 0.29) is 31.3 Å². The highest BCUT2D eigenvalue weighted by Crippen LogP contribution is 2.44. The Morgan fingerprint density at radius 1 is 1.27 bits per heavy atom. The summed E-state index contributed by atoms with van der Waals surface area (Å²) in [5.41, 5.74) is 4.52. The molecule has 3 heterocycles. The van der Waals surface area contributed by atoms with Crippen molar-refractivity contribution in [2.24, 2.45) is 17.1 Å². The van der Waals surface area contributed by atoms with Crippen molar-refractivity contribution in [3.8, 4) is 0 Å². The lowest BCUT2D eigenvalue weighted by Gasteiger charge is -2.39. The van der Waals surface area contributed by atoms with E-state index in [2.05, 4.69) is 0 Å². The molecule has 0 radical (unpaired) electrons. The van der Waals surface area contributed by atoms with Crippen LogP contribution in [0, 0.1) is 11.3 Å². The van der Waals surface area contributed by atoms with Crippen molar-refractivity contribution in [3.63, 3.8) is 0 Å². The van der Waals surface area contributed by atoms with Crippen LogP contribution >= 0.6 is 0 Å². The number of carbonyl (C=O) groups is 2. The number of hydrogen-bond acceptors (Lipinski definition) is 4. The van der Waals surface area contributed by atoms with Gasteiger partial charge in [0.1, 0.15) is 0 Å². The summed E-state index contributed by atoms with van der Waals surface area (Å²) in [6, 6.07) is 0. The smallest absolute Gasteiger partial charge is 0.267 e. The number of halogens is 2. The minimum absolute atomic E-state index is 0.0673. The van der Waals surface area contributed by atoms with Gasteiger partial charge >= 0.3 is 0 Å². The van der Waals surface area contributed by atoms with Crippen molar-refractivity contribution in [3.05, 3.63) is 0 Å². The van der Waals surface area contributed by atoms with Crippen molar-refractivity contribution >= 4 is 11.8 Å². The molecule has 0 aromatic rings. The first kappa shape index (κ1) is 15.6. The van der Waals surface area contributed by atoms with Crippen LogP contribution in [0.15, 0.2) is 0 Å². The molecule has 3 rings (SSSR count). The molecule has 0 aromatic heterocycles. The molecule has 2 unspecified atom stereocenters. The van der Waals surface area contributed by atoms with Gasteiger partial charge in [-0.15, -0.1) is 0 Å². The van der Waals surface area contributed by atoms with Crippen LogP contribution in [0.3, 0.4) is 0 Å². The third-order valence-electron chi connectivity index (χ3n) is 5.04. The molecule has 3 saturated heterocycles. The molecule has 8 heteroatoms.